The van der Waals surface area contributed by atoms with Crippen LogP contribution in [0.2, 0.25) is 0 Å². The van der Waals surface area contributed by atoms with Crippen LogP contribution in [-0.4, -0.2) is 59.0 Å². The molecule has 2 saturated carbocycles. The van der Waals surface area contributed by atoms with Gasteiger partial charge in [0.05, 0.1) is 12.1 Å². The Balaban J connectivity index is 1.51. The maximum Gasteiger partial charge on any atom is 0.226 e. The van der Waals surface area contributed by atoms with Crippen molar-refractivity contribution in [2.24, 2.45) is 23.7 Å². The molecule has 2 aliphatic carbocycles. The fraction of sp³-hybridized carbons (Fsp3) is 0.867. The first kappa shape index (κ1) is 12.6. The highest BCUT2D eigenvalue weighted by Gasteiger charge is 2.60. The predicted octanol–water partition coefficient (Wildman–Crippen LogP) is 0.0825. The molecule has 2 bridgehead atoms. The zero-order valence-electron chi connectivity index (χ0n) is 11.9. The Kier molecular flexibility index (Phi) is 2.65. The smallest absolute Gasteiger partial charge is 0.226 e. The van der Waals surface area contributed by atoms with E-state index in [2.05, 4.69) is 0 Å². The minimum Gasteiger partial charge on any atom is -0.391 e. The van der Waals surface area contributed by atoms with Gasteiger partial charge in [-0.2, -0.15) is 0 Å². The molecule has 0 unspecified atom stereocenters. The maximum absolute atomic E-state index is 12.7. The molecule has 110 valence electrons. The number of rotatable bonds is 1. The first-order valence-corrected chi connectivity index (χ1v) is 7.78. The van der Waals surface area contributed by atoms with E-state index in [0.29, 0.717) is 30.7 Å². The third kappa shape index (κ3) is 1.59. The van der Waals surface area contributed by atoms with Gasteiger partial charge >= 0.3 is 0 Å². The standard InChI is InChI=1S/C15H22N2O3/c1-16-3-2-8(6-12(16)18)15(20)17-7-10-4-9-5-11(10)13(17)14(9)19/h8-11,13-14,19H,2-7H2,1H3/t8-,9-,10-,11+,13-,14+/m0/s1. The van der Waals surface area contributed by atoms with E-state index >= 15 is 0 Å². The lowest BCUT2D eigenvalue weighted by Crippen LogP contribution is -2.48. The maximum atomic E-state index is 12.7. The van der Waals surface area contributed by atoms with Crippen molar-refractivity contribution in [1.29, 1.82) is 0 Å². The molecule has 2 amide bonds. The number of amides is 2. The van der Waals surface area contributed by atoms with Crippen LogP contribution in [-0.2, 0) is 9.59 Å². The molecule has 5 heteroatoms. The van der Waals surface area contributed by atoms with Gasteiger partial charge in [0.25, 0.3) is 0 Å². The lowest BCUT2D eigenvalue weighted by atomic mass is 9.88. The van der Waals surface area contributed by atoms with E-state index in [-0.39, 0.29) is 29.9 Å². The summed E-state index contributed by atoms with van der Waals surface area (Å²) in [5.41, 5.74) is 0. The zero-order chi connectivity index (χ0) is 14.0. The van der Waals surface area contributed by atoms with Crippen LogP contribution < -0.4 is 0 Å². The number of aliphatic hydroxyl groups excluding tert-OH is 1. The van der Waals surface area contributed by atoms with Crippen molar-refractivity contribution in [1.82, 2.24) is 9.80 Å². The summed E-state index contributed by atoms with van der Waals surface area (Å²) in [6.45, 7) is 1.48. The van der Waals surface area contributed by atoms with Gasteiger partial charge in [-0.3, -0.25) is 9.59 Å². The largest absolute Gasteiger partial charge is 0.391 e. The molecule has 0 aromatic carbocycles. The highest BCUT2D eigenvalue weighted by Crippen LogP contribution is 2.55. The monoisotopic (exact) mass is 278 g/mol. The normalized spacial score (nSPS) is 46.4. The van der Waals surface area contributed by atoms with Crippen LogP contribution in [0.3, 0.4) is 0 Å². The lowest BCUT2D eigenvalue weighted by Gasteiger charge is -2.34. The Hall–Kier alpha value is -1.10. The zero-order valence-corrected chi connectivity index (χ0v) is 11.9. The molecule has 4 aliphatic rings. The van der Waals surface area contributed by atoms with Crippen molar-refractivity contribution in [3.05, 3.63) is 0 Å². The van der Waals surface area contributed by atoms with Crippen LogP contribution >= 0.6 is 0 Å². The molecule has 2 aliphatic heterocycles. The summed E-state index contributed by atoms with van der Waals surface area (Å²) in [4.78, 5) is 28.2. The molecule has 2 heterocycles. The minimum absolute atomic E-state index is 0.0426. The fourth-order valence-electron chi connectivity index (χ4n) is 5.06. The van der Waals surface area contributed by atoms with Crippen LogP contribution in [0.25, 0.3) is 0 Å². The van der Waals surface area contributed by atoms with Crippen LogP contribution in [0, 0.1) is 23.7 Å². The molecule has 1 N–H and O–H groups in total. The second-order valence-electron chi connectivity index (χ2n) is 7.13. The van der Waals surface area contributed by atoms with Gasteiger partial charge in [-0.15, -0.1) is 0 Å². The summed E-state index contributed by atoms with van der Waals surface area (Å²) in [5, 5.41) is 10.3. The molecule has 4 rings (SSSR count). The third-order valence-corrected chi connectivity index (χ3v) is 6.14. The first-order valence-electron chi connectivity index (χ1n) is 7.78. The Labute approximate surface area is 118 Å². The highest BCUT2D eigenvalue weighted by atomic mass is 16.3. The number of carbonyl (C=O) groups excluding carboxylic acids is 2. The van der Waals surface area contributed by atoms with E-state index in [4.69, 9.17) is 0 Å². The number of piperidine rings is 1. The number of hydrogen-bond acceptors (Lipinski definition) is 3. The van der Waals surface area contributed by atoms with Crippen molar-refractivity contribution in [3.63, 3.8) is 0 Å². The summed E-state index contributed by atoms with van der Waals surface area (Å²) in [7, 11) is 1.80. The molecule has 0 aromatic rings. The molecule has 20 heavy (non-hydrogen) atoms. The topological polar surface area (TPSA) is 60.9 Å². The van der Waals surface area contributed by atoms with Gasteiger partial charge in [0.2, 0.25) is 11.8 Å². The van der Waals surface area contributed by atoms with Crippen molar-refractivity contribution >= 4 is 11.8 Å². The Morgan fingerprint density at radius 2 is 2.10 bits per heavy atom. The Morgan fingerprint density at radius 3 is 2.80 bits per heavy atom. The van der Waals surface area contributed by atoms with Crippen LogP contribution in [0.1, 0.15) is 25.7 Å². The van der Waals surface area contributed by atoms with Gasteiger partial charge < -0.3 is 14.9 Å². The second kappa shape index (κ2) is 4.20. The van der Waals surface area contributed by atoms with E-state index in [1.54, 1.807) is 11.9 Å². The number of hydrogen-bond donors (Lipinski definition) is 1. The summed E-state index contributed by atoms with van der Waals surface area (Å²) in [6, 6.07) is 0.0426. The number of likely N-dealkylation sites (tertiary alicyclic amines) is 2. The van der Waals surface area contributed by atoms with Crippen LogP contribution in [0.5, 0.6) is 0 Å². The van der Waals surface area contributed by atoms with E-state index in [1.165, 1.54) is 0 Å². The number of nitrogens with zero attached hydrogens (tertiary/aromatic N) is 2. The number of fused-ring (bicyclic) bond motifs is 1. The van der Waals surface area contributed by atoms with Crippen molar-refractivity contribution < 1.29 is 14.7 Å². The van der Waals surface area contributed by atoms with Gasteiger partial charge in [0.15, 0.2) is 0 Å². The summed E-state index contributed by atoms with van der Waals surface area (Å²) in [5.74, 6) is 1.54. The van der Waals surface area contributed by atoms with Gasteiger partial charge in [0.1, 0.15) is 0 Å². The average Bonchev–Trinajstić information content (AvgIpc) is 3.02. The Bertz CT molecular complexity index is 464. The lowest BCUT2D eigenvalue weighted by molar-refractivity contribution is -0.146. The summed E-state index contributed by atoms with van der Waals surface area (Å²) >= 11 is 0. The van der Waals surface area contributed by atoms with E-state index in [0.717, 1.165) is 25.8 Å². The third-order valence-electron chi connectivity index (χ3n) is 6.14. The van der Waals surface area contributed by atoms with Gasteiger partial charge in [-0.25, -0.2) is 0 Å². The Morgan fingerprint density at radius 1 is 1.30 bits per heavy atom. The van der Waals surface area contributed by atoms with Crippen LogP contribution in [0.15, 0.2) is 0 Å². The summed E-state index contributed by atoms with van der Waals surface area (Å²) < 4.78 is 0. The molecule has 5 nitrogen and oxygen atoms in total. The van der Waals surface area contributed by atoms with Crippen molar-refractivity contribution in [3.8, 4) is 0 Å². The first-order chi connectivity index (χ1) is 9.56. The molecule has 2 saturated heterocycles. The molecule has 6 atom stereocenters. The highest BCUT2D eigenvalue weighted by molar-refractivity contribution is 5.87. The average molecular weight is 278 g/mol. The molecular weight excluding hydrogens is 256 g/mol. The number of aliphatic hydroxyl groups is 1. The molecule has 4 fully saturated rings. The van der Waals surface area contributed by atoms with Crippen LogP contribution in [0.4, 0.5) is 0 Å². The van der Waals surface area contributed by atoms with Gasteiger partial charge in [-0.05, 0) is 37.0 Å². The number of carbonyl (C=O) groups is 2. The van der Waals surface area contributed by atoms with Gasteiger partial charge in [0, 0.05) is 32.5 Å². The van der Waals surface area contributed by atoms with Crippen molar-refractivity contribution in [2.75, 3.05) is 20.1 Å². The quantitative estimate of drug-likeness (QED) is 0.739. The van der Waals surface area contributed by atoms with Crippen molar-refractivity contribution in [2.45, 2.75) is 37.8 Å². The molecule has 0 spiro atoms. The molecule has 0 radical (unpaired) electrons. The van der Waals surface area contributed by atoms with Gasteiger partial charge in [-0.1, -0.05) is 0 Å². The summed E-state index contributed by atoms with van der Waals surface area (Å²) in [6.07, 6.45) is 2.95. The predicted molar refractivity (Wildman–Crippen MR) is 71.6 cm³/mol. The van der Waals surface area contributed by atoms with E-state index < -0.39 is 0 Å². The molecular formula is C15H22N2O3. The fourth-order valence-corrected chi connectivity index (χ4v) is 5.06. The van der Waals surface area contributed by atoms with E-state index in [1.807, 2.05) is 4.90 Å². The minimum atomic E-state index is -0.329. The second-order valence-corrected chi connectivity index (χ2v) is 7.13. The SMILES string of the molecule is CN1CC[C@H](C(=O)N2C[C@@H]3C[C@H]4C[C@H]3[C@H]2[C@@H]4O)CC1=O. The van der Waals surface area contributed by atoms with E-state index in [9.17, 15) is 14.7 Å². The molecule has 0 aromatic heterocycles.